The molecule has 1 aromatic rings. The zero-order valence-electron chi connectivity index (χ0n) is 10.9. The predicted molar refractivity (Wildman–Crippen MR) is 73.6 cm³/mol. The quantitative estimate of drug-likeness (QED) is 0.874. The standard InChI is InChI=1S/C13H13BrFNO5/c14-9-5-8(15)1-2-11(9)21-7-12(17)16-3-4-20-6-10(16)13(18)19/h1-2,5,10H,3-4,6-7H2,(H,18,19). The van der Waals surface area contributed by atoms with Gasteiger partial charge in [-0.15, -0.1) is 0 Å². The second-order valence-electron chi connectivity index (χ2n) is 4.38. The number of carboxylic acids is 1. The van der Waals surface area contributed by atoms with E-state index in [0.717, 1.165) is 0 Å². The fourth-order valence-corrected chi connectivity index (χ4v) is 2.39. The van der Waals surface area contributed by atoms with Crippen LogP contribution < -0.4 is 4.74 Å². The number of hydrogen-bond acceptors (Lipinski definition) is 4. The summed E-state index contributed by atoms with van der Waals surface area (Å²) in [5.74, 6) is -1.70. The van der Waals surface area contributed by atoms with Crippen molar-refractivity contribution in [1.29, 1.82) is 0 Å². The van der Waals surface area contributed by atoms with Crippen LogP contribution in [0.5, 0.6) is 5.75 Å². The van der Waals surface area contributed by atoms with Crippen molar-refractivity contribution in [2.45, 2.75) is 6.04 Å². The molecule has 1 heterocycles. The number of benzene rings is 1. The second-order valence-corrected chi connectivity index (χ2v) is 5.23. The van der Waals surface area contributed by atoms with Crippen LogP contribution in [0, 0.1) is 5.82 Å². The van der Waals surface area contributed by atoms with Crippen LogP contribution in [0.2, 0.25) is 0 Å². The third kappa shape index (κ3) is 3.92. The summed E-state index contributed by atoms with van der Waals surface area (Å²) in [6.45, 7) is 0.120. The van der Waals surface area contributed by atoms with Crippen molar-refractivity contribution in [1.82, 2.24) is 4.90 Å². The van der Waals surface area contributed by atoms with Gasteiger partial charge in [0.2, 0.25) is 0 Å². The average molecular weight is 362 g/mol. The summed E-state index contributed by atoms with van der Waals surface area (Å²) in [5, 5.41) is 9.05. The van der Waals surface area contributed by atoms with Gasteiger partial charge in [0.15, 0.2) is 12.6 Å². The van der Waals surface area contributed by atoms with E-state index in [1.54, 1.807) is 0 Å². The molecular formula is C13H13BrFNO5. The fraction of sp³-hybridized carbons (Fsp3) is 0.385. The van der Waals surface area contributed by atoms with Gasteiger partial charge in [0.05, 0.1) is 17.7 Å². The molecule has 1 unspecified atom stereocenters. The Kier molecular flexibility index (Phi) is 5.13. The van der Waals surface area contributed by atoms with Crippen LogP contribution in [0.4, 0.5) is 4.39 Å². The van der Waals surface area contributed by atoms with Crippen LogP contribution in [-0.4, -0.2) is 54.3 Å². The number of nitrogens with zero attached hydrogens (tertiary/aromatic N) is 1. The van der Waals surface area contributed by atoms with Gasteiger partial charge in [-0.05, 0) is 34.1 Å². The number of morpholine rings is 1. The molecule has 1 amide bonds. The molecule has 1 N–H and O–H groups in total. The third-order valence-electron chi connectivity index (χ3n) is 2.98. The Morgan fingerprint density at radius 3 is 2.95 bits per heavy atom. The van der Waals surface area contributed by atoms with E-state index in [-0.39, 0.29) is 26.4 Å². The molecule has 1 aliphatic rings. The highest BCUT2D eigenvalue weighted by molar-refractivity contribution is 9.10. The van der Waals surface area contributed by atoms with E-state index in [4.69, 9.17) is 14.6 Å². The minimum atomic E-state index is -1.12. The molecule has 0 radical (unpaired) electrons. The number of rotatable bonds is 4. The topological polar surface area (TPSA) is 76.1 Å². The van der Waals surface area contributed by atoms with Crippen LogP contribution >= 0.6 is 15.9 Å². The zero-order valence-corrected chi connectivity index (χ0v) is 12.5. The van der Waals surface area contributed by atoms with E-state index in [0.29, 0.717) is 10.2 Å². The first kappa shape index (κ1) is 15.7. The lowest BCUT2D eigenvalue weighted by Crippen LogP contribution is -2.53. The van der Waals surface area contributed by atoms with Crippen molar-refractivity contribution < 1.29 is 28.6 Å². The van der Waals surface area contributed by atoms with Crippen molar-refractivity contribution >= 4 is 27.8 Å². The van der Waals surface area contributed by atoms with Gasteiger partial charge in [-0.3, -0.25) is 4.79 Å². The first-order chi connectivity index (χ1) is 9.99. The molecule has 0 aromatic heterocycles. The van der Waals surface area contributed by atoms with E-state index in [2.05, 4.69) is 15.9 Å². The maximum absolute atomic E-state index is 12.9. The summed E-state index contributed by atoms with van der Waals surface area (Å²) >= 11 is 3.12. The van der Waals surface area contributed by atoms with Crippen LogP contribution in [-0.2, 0) is 14.3 Å². The molecule has 0 aliphatic carbocycles. The van der Waals surface area contributed by atoms with Crippen LogP contribution in [0.15, 0.2) is 22.7 Å². The van der Waals surface area contributed by atoms with E-state index in [9.17, 15) is 14.0 Å². The summed E-state index contributed by atoms with van der Waals surface area (Å²) in [7, 11) is 0. The van der Waals surface area contributed by atoms with Gasteiger partial charge in [-0.2, -0.15) is 0 Å². The molecule has 1 atom stereocenters. The predicted octanol–water partition coefficient (Wildman–Crippen LogP) is 1.28. The Balaban J connectivity index is 1.98. The molecule has 0 bridgehead atoms. The van der Waals surface area contributed by atoms with Crippen molar-refractivity contribution in [2.24, 2.45) is 0 Å². The van der Waals surface area contributed by atoms with E-state index < -0.39 is 23.7 Å². The van der Waals surface area contributed by atoms with Crippen molar-refractivity contribution in [2.75, 3.05) is 26.4 Å². The van der Waals surface area contributed by atoms with Gasteiger partial charge < -0.3 is 19.5 Å². The summed E-state index contributed by atoms with van der Waals surface area (Å²) in [5.41, 5.74) is 0. The summed E-state index contributed by atoms with van der Waals surface area (Å²) in [6.07, 6.45) is 0. The lowest BCUT2D eigenvalue weighted by atomic mass is 10.2. The largest absolute Gasteiger partial charge is 0.483 e. The van der Waals surface area contributed by atoms with Gasteiger partial charge in [0, 0.05) is 6.54 Å². The molecule has 21 heavy (non-hydrogen) atoms. The average Bonchev–Trinajstić information content (AvgIpc) is 2.46. The summed E-state index contributed by atoms with van der Waals surface area (Å²) in [4.78, 5) is 24.3. The summed E-state index contributed by atoms with van der Waals surface area (Å²) < 4.78 is 23.7. The molecule has 114 valence electrons. The monoisotopic (exact) mass is 361 g/mol. The molecular weight excluding hydrogens is 349 g/mol. The molecule has 0 saturated carbocycles. The number of aliphatic carboxylic acids is 1. The summed E-state index contributed by atoms with van der Waals surface area (Å²) in [6, 6.07) is 2.81. The Bertz CT molecular complexity index is 553. The Labute approximate surface area is 128 Å². The maximum Gasteiger partial charge on any atom is 0.328 e. The zero-order chi connectivity index (χ0) is 15.4. The molecule has 1 aromatic carbocycles. The SMILES string of the molecule is O=C(O)C1COCCN1C(=O)COc1ccc(F)cc1Br. The number of ether oxygens (including phenoxy) is 2. The normalized spacial score (nSPS) is 18.4. The number of carboxylic acid groups (broad SMARTS) is 1. The number of amides is 1. The number of halogens is 2. The number of carbonyl (C=O) groups excluding carboxylic acids is 1. The van der Waals surface area contributed by atoms with Crippen molar-refractivity contribution in [3.8, 4) is 5.75 Å². The highest BCUT2D eigenvalue weighted by Gasteiger charge is 2.32. The van der Waals surface area contributed by atoms with Crippen LogP contribution in [0.3, 0.4) is 0 Å². The van der Waals surface area contributed by atoms with Gasteiger partial charge in [0.1, 0.15) is 11.6 Å². The smallest absolute Gasteiger partial charge is 0.328 e. The maximum atomic E-state index is 12.9. The lowest BCUT2D eigenvalue weighted by molar-refractivity contribution is -0.159. The molecule has 0 spiro atoms. The highest BCUT2D eigenvalue weighted by atomic mass is 79.9. The molecule has 1 fully saturated rings. The van der Waals surface area contributed by atoms with Gasteiger partial charge in [-0.25, -0.2) is 9.18 Å². The van der Waals surface area contributed by atoms with Crippen LogP contribution in [0.25, 0.3) is 0 Å². The molecule has 2 rings (SSSR count). The van der Waals surface area contributed by atoms with Crippen LogP contribution in [0.1, 0.15) is 0 Å². The fourth-order valence-electron chi connectivity index (χ4n) is 1.92. The lowest BCUT2D eigenvalue weighted by Gasteiger charge is -2.32. The van der Waals surface area contributed by atoms with Gasteiger partial charge in [-0.1, -0.05) is 0 Å². The first-order valence-electron chi connectivity index (χ1n) is 6.17. The molecule has 1 aliphatic heterocycles. The Hall–Kier alpha value is -1.67. The van der Waals surface area contributed by atoms with Crippen molar-refractivity contribution in [3.63, 3.8) is 0 Å². The molecule has 8 heteroatoms. The minimum absolute atomic E-state index is 0.0404. The van der Waals surface area contributed by atoms with E-state index in [1.807, 2.05) is 0 Å². The molecule has 1 saturated heterocycles. The Morgan fingerprint density at radius 2 is 2.29 bits per heavy atom. The van der Waals surface area contributed by atoms with Crippen molar-refractivity contribution in [3.05, 3.63) is 28.5 Å². The Morgan fingerprint density at radius 1 is 1.52 bits per heavy atom. The van der Waals surface area contributed by atoms with E-state index in [1.165, 1.54) is 23.1 Å². The van der Waals surface area contributed by atoms with Gasteiger partial charge in [0.25, 0.3) is 5.91 Å². The molecule has 6 nitrogen and oxygen atoms in total. The third-order valence-corrected chi connectivity index (χ3v) is 3.60. The number of carbonyl (C=O) groups is 2. The van der Waals surface area contributed by atoms with Gasteiger partial charge >= 0.3 is 5.97 Å². The highest BCUT2D eigenvalue weighted by Crippen LogP contribution is 2.25. The number of hydrogen-bond donors (Lipinski definition) is 1. The minimum Gasteiger partial charge on any atom is -0.483 e. The second kappa shape index (κ2) is 6.86. The van der Waals surface area contributed by atoms with E-state index >= 15 is 0 Å². The first-order valence-corrected chi connectivity index (χ1v) is 6.96.